The second-order valence-corrected chi connectivity index (χ2v) is 5.25. The molecule has 2 aliphatic rings. The summed E-state index contributed by atoms with van der Waals surface area (Å²) >= 11 is 0. The van der Waals surface area contributed by atoms with Gasteiger partial charge in [0.25, 0.3) is 5.91 Å². The van der Waals surface area contributed by atoms with Crippen molar-refractivity contribution in [3.05, 3.63) is 29.8 Å². The smallest absolute Gasteiger partial charge is 0.254 e. The summed E-state index contributed by atoms with van der Waals surface area (Å²) in [6.45, 7) is 0.820. The van der Waals surface area contributed by atoms with Gasteiger partial charge in [-0.1, -0.05) is 6.07 Å². The minimum absolute atomic E-state index is 0.107. The van der Waals surface area contributed by atoms with Crippen molar-refractivity contribution < 1.29 is 19.1 Å². The minimum atomic E-state index is -0.165. The number of ether oxygens (including phenoxy) is 1. The van der Waals surface area contributed by atoms with Gasteiger partial charge in [0.05, 0.1) is 13.2 Å². The number of hydrogen-bond donors (Lipinski definition) is 0. The molecule has 0 atom stereocenters. The van der Waals surface area contributed by atoms with Crippen molar-refractivity contribution in [1.82, 2.24) is 9.80 Å². The van der Waals surface area contributed by atoms with Gasteiger partial charge in [0, 0.05) is 31.5 Å². The van der Waals surface area contributed by atoms with Gasteiger partial charge >= 0.3 is 0 Å². The average Bonchev–Trinajstić information content (AvgIpc) is 2.78. The summed E-state index contributed by atoms with van der Waals surface area (Å²) in [6.07, 6.45) is 0.582. The molecule has 0 aromatic heterocycles. The molecular formula is C15H16N2O4. The Kier molecular flexibility index (Phi) is 3.37. The predicted molar refractivity (Wildman–Crippen MR) is 73.8 cm³/mol. The Labute approximate surface area is 122 Å². The van der Waals surface area contributed by atoms with Crippen molar-refractivity contribution in [2.24, 2.45) is 0 Å². The Morgan fingerprint density at radius 3 is 2.48 bits per heavy atom. The van der Waals surface area contributed by atoms with E-state index >= 15 is 0 Å². The maximum atomic E-state index is 12.3. The molecule has 0 unspecified atom stereocenters. The quantitative estimate of drug-likeness (QED) is 0.767. The number of imide groups is 1. The first-order valence-corrected chi connectivity index (χ1v) is 6.88. The van der Waals surface area contributed by atoms with Gasteiger partial charge in [-0.2, -0.15) is 0 Å². The first-order chi connectivity index (χ1) is 10.1. The molecule has 2 aliphatic heterocycles. The van der Waals surface area contributed by atoms with Gasteiger partial charge in [-0.05, 0) is 18.2 Å². The largest absolute Gasteiger partial charge is 0.497 e. The third-order valence-electron chi connectivity index (χ3n) is 3.92. The van der Waals surface area contributed by atoms with Crippen LogP contribution in [0.15, 0.2) is 24.3 Å². The van der Waals surface area contributed by atoms with Crippen LogP contribution < -0.4 is 4.74 Å². The molecular weight excluding hydrogens is 272 g/mol. The van der Waals surface area contributed by atoms with E-state index in [1.165, 1.54) is 4.90 Å². The number of hydrogen-bond acceptors (Lipinski definition) is 4. The maximum Gasteiger partial charge on any atom is 0.254 e. The molecule has 110 valence electrons. The normalized spacial score (nSPS) is 18.9. The fraction of sp³-hybridized carbons (Fsp3) is 0.400. The lowest BCUT2D eigenvalue weighted by Crippen LogP contribution is -2.62. The van der Waals surface area contributed by atoms with E-state index in [9.17, 15) is 14.4 Å². The van der Waals surface area contributed by atoms with Crippen LogP contribution in [0.3, 0.4) is 0 Å². The first-order valence-electron chi connectivity index (χ1n) is 6.88. The third-order valence-corrected chi connectivity index (χ3v) is 3.92. The summed E-state index contributed by atoms with van der Waals surface area (Å²) in [4.78, 5) is 38.5. The van der Waals surface area contributed by atoms with Crippen LogP contribution in [0.2, 0.25) is 0 Å². The van der Waals surface area contributed by atoms with Crippen LogP contribution in [0.5, 0.6) is 5.75 Å². The second kappa shape index (κ2) is 5.20. The zero-order chi connectivity index (χ0) is 15.0. The molecule has 0 bridgehead atoms. The van der Waals surface area contributed by atoms with E-state index in [4.69, 9.17) is 4.74 Å². The van der Waals surface area contributed by atoms with Crippen LogP contribution in [0.4, 0.5) is 0 Å². The molecule has 0 saturated carbocycles. The summed E-state index contributed by atoms with van der Waals surface area (Å²) in [5, 5.41) is 0. The second-order valence-electron chi connectivity index (χ2n) is 5.25. The van der Waals surface area contributed by atoms with E-state index in [-0.39, 0.29) is 23.8 Å². The van der Waals surface area contributed by atoms with Gasteiger partial charge in [0.15, 0.2) is 0 Å². The number of methoxy groups -OCH3 is 1. The molecule has 6 heteroatoms. The fourth-order valence-corrected chi connectivity index (χ4v) is 2.72. The van der Waals surface area contributed by atoms with E-state index in [2.05, 4.69) is 0 Å². The Bertz CT molecular complexity index is 591. The number of likely N-dealkylation sites (tertiary alicyclic amines) is 2. The Balaban J connectivity index is 1.64. The number of nitrogens with zero attached hydrogens (tertiary/aromatic N) is 2. The van der Waals surface area contributed by atoms with Crippen molar-refractivity contribution in [3.63, 3.8) is 0 Å². The van der Waals surface area contributed by atoms with Gasteiger partial charge in [-0.25, -0.2) is 0 Å². The molecule has 0 radical (unpaired) electrons. The van der Waals surface area contributed by atoms with Crippen LogP contribution in [0, 0.1) is 0 Å². The molecule has 1 aromatic rings. The first kappa shape index (κ1) is 13.6. The molecule has 2 heterocycles. The molecule has 3 rings (SSSR count). The number of rotatable bonds is 3. The zero-order valence-electron chi connectivity index (χ0n) is 11.7. The van der Waals surface area contributed by atoms with E-state index in [0.717, 1.165) is 0 Å². The van der Waals surface area contributed by atoms with Crippen LogP contribution in [0.25, 0.3) is 0 Å². The number of benzene rings is 1. The molecule has 3 amide bonds. The minimum Gasteiger partial charge on any atom is -0.497 e. The third kappa shape index (κ3) is 2.37. The molecule has 6 nitrogen and oxygen atoms in total. The molecule has 1 aromatic carbocycles. The summed E-state index contributed by atoms with van der Waals surface area (Å²) in [6, 6.07) is 6.78. The maximum absolute atomic E-state index is 12.3. The van der Waals surface area contributed by atoms with E-state index in [0.29, 0.717) is 37.2 Å². The zero-order valence-corrected chi connectivity index (χ0v) is 11.7. The van der Waals surface area contributed by atoms with Crippen molar-refractivity contribution in [2.45, 2.75) is 18.9 Å². The molecule has 21 heavy (non-hydrogen) atoms. The summed E-state index contributed by atoms with van der Waals surface area (Å²) in [5.74, 6) is 0.268. The van der Waals surface area contributed by atoms with Crippen molar-refractivity contribution in [2.75, 3.05) is 20.2 Å². The number of amides is 3. The molecule has 0 spiro atoms. The monoisotopic (exact) mass is 288 g/mol. The highest BCUT2D eigenvalue weighted by Gasteiger charge is 2.42. The highest BCUT2D eigenvalue weighted by molar-refractivity contribution is 6.03. The fourth-order valence-electron chi connectivity index (χ4n) is 2.72. The van der Waals surface area contributed by atoms with Crippen molar-refractivity contribution in [3.8, 4) is 5.75 Å². The summed E-state index contributed by atoms with van der Waals surface area (Å²) in [5.41, 5.74) is 0.548. The van der Waals surface area contributed by atoms with Crippen molar-refractivity contribution >= 4 is 17.7 Å². The lowest BCUT2D eigenvalue weighted by molar-refractivity contribution is -0.144. The summed E-state index contributed by atoms with van der Waals surface area (Å²) in [7, 11) is 1.55. The standard InChI is InChI=1S/C15H16N2O4/c1-21-12-4-2-3-10(7-12)15(20)16-8-11(9-16)17-13(18)5-6-14(17)19/h2-4,7,11H,5-6,8-9H2,1H3. The predicted octanol–water partition coefficient (Wildman–Crippen LogP) is 0.669. The summed E-state index contributed by atoms with van der Waals surface area (Å²) < 4.78 is 5.10. The van der Waals surface area contributed by atoms with Gasteiger partial charge < -0.3 is 9.64 Å². The lowest BCUT2D eigenvalue weighted by Gasteiger charge is -2.43. The van der Waals surface area contributed by atoms with E-state index in [1.807, 2.05) is 0 Å². The van der Waals surface area contributed by atoms with Crippen molar-refractivity contribution in [1.29, 1.82) is 0 Å². The molecule has 2 saturated heterocycles. The van der Waals surface area contributed by atoms with Crippen LogP contribution in [-0.4, -0.2) is 53.8 Å². The van der Waals surface area contributed by atoms with Gasteiger partial charge in [-0.3, -0.25) is 19.3 Å². The van der Waals surface area contributed by atoms with E-state index in [1.54, 1.807) is 36.3 Å². The van der Waals surface area contributed by atoms with E-state index < -0.39 is 0 Å². The molecule has 2 fully saturated rings. The van der Waals surface area contributed by atoms with Crippen LogP contribution in [0.1, 0.15) is 23.2 Å². The highest BCUT2D eigenvalue weighted by Crippen LogP contribution is 2.24. The van der Waals surface area contributed by atoms with Crippen LogP contribution >= 0.6 is 0 Å². The van der Waals surface area contributed by atoms with Crippen LogP contribution in [-0.2, 0) is 9.59 Å². The molecule has 0 aliphatic carbocycles. The molecule has 0 N–H and O–H groups in total. The van der Waals surface area contributed by atoms with Gasteiger partial charge in [0.1, 0.15) is 5.75 Å². The van der Waals surface area contributed by atoms with Gasteiger partial charge in [0.2, 0.25) is 11.8 Å². The van der Waals surface area contributed by atoms with Gasteiger partial charge in [-0.15, -0.1) is 0 Å². The highest BCUT2D eigenvalue weighted by atomic mass is 16.5. The topological polar surface area (TPSA) is 66.9 Å². The number of carbonyl (C=O) groups excluding carboxylic acids is 3. The number of carbonyl (C=O) groups is 3. The average molecular weight is 288 g/mol. The Morgan fingerprint density at radius 2 is 1.86 bits per heavy atom. The lowest BCUT2D eigenvalue weighted by atomic mass is 10.0. The SMILES string of the molecule is COc1cccc(C(=O)N2CC(N3C(=O)CCC3=O)C2)c1. The Hall–Kier alpha value is -2.37. The Morgan fingerprint density at radius 1 is 1.19 bits per heavy atom.